The Bertz CT molecular complexity index is 468. The van der Waals surface area contributed by atoms with Crippen LogP contribution >= 0.6 is 0 Å². The van der Waals surface area contributed by atoms with E-state index in [4.69, 9.17) is 0 Å². The molecule has 0 amide bonds. The van der Waals surface area contributed by atoms with Gasteiger partial charge >= 0.3 is 0 Å². The molecule has 3 nitrogen and oxygen atoms in total. The standard InChI is InChI=1S/C15H19N3/c1-16-10-11-18-15-14(8-5-9-17-15)12-13-6-3-2-4-7-13/h2-9,16H,10-12H2,1H3,(H,17,18). The van der Waals surface area contributed by atoms with Crippen molar-refractivity contribution in [3.05, 3.63) is 59.8 Å². The summed E-state index contributed by atoms with van der Waals surface area (Å²) in [6.07, 6.45) is 2.74. The third kappa shape index (κ3) is 3.57. The van der Waals surface area contributed by atoms with Crippen LogP contribution in [-0.4, -0.2) is 25.1 Å². The third-order valence-electron chi connectivity index (χ3n) is 2.80. The lowest BCUT2D eigenvalue weighted by atomic mass is 10.1. The van der Waals surface area contributed by atoms with E-state index in [1.807, 2.05) is 25.4 Å². The van der Waals surface area contributed by atoms with E-state index in [0.717, 1.165) is 25.3 Å². The highest BCUT2D eigenvalue weighted by Gasteiger charge is 2.03. The van der Waals surface area contributed by atoms with Gasteiger partial charge in [-0.2, -0.15) is 0 Å². The van der Waals surface area contributed by atoms with Gasteiger partial charge < -0.3 is 10.6 Å². The Morgan fingerprint density at radius 3 is 2.61 bits per heavy atom. The van der Waals surface area contributed by atoms with Crippen LogP contribution in [0, 0.1) is 0 Å². The van der Waals surface area contributed by atoms with Crippen LogP contribution in [0.4, 0.5) is 5.82 Å². The molecule has 0 unspecified atom stereocenters. The Morgan fingerprint density at radius 1 is 1.00 bits per heavy atom. The first kappa shape index (κ1) is 12.6. The van der Waals surface area contributed by atoms with Crippen LogP contribution in [-0.2, 0) is 6.42 Å². The van der Waals surface area contributed by atoms with Gasteiger partial charge in [0.15, 0.2) is 0 Å². The zero-order valence-electron chi connectivity index (χ0n) is 10.7. The number of rotatable bonds is 6. The molecule has 0 spiro atoms. The second-order valence-electron chi connectivity index (χ2n) is 4.20. The molecule has 2 N–H and O–H groups in total. The molecule has 0 fully saturated rings. The minimum atomic E-state index is 0.884. The summed E-state index contributed by atoms with van der Waals surface area (Å²) in [5.41, 5.74) is 2.54. The maximum atomic E-state index is 4.41. The molecular weight excluding hydrogens is 222 g/mol. The topological polar surface area (TPSA) is 37.0 Å². The van der Waals surface area contributed by atoms with Crippen LogP contribution in [0.1, 0.15) is 11.1 Å². The molecule has 2 aromatic rings. The summed E-state index contributed by atoms with van der Waals surface area (Å²) in [7, 11) is 1.95. The van der Waals surface area contributed by atoms with E-state index in [1.165, 1.54) is 11.1 Å². The number of likely N-dealkylation sites (N-methyl/N-ethyl adjacent to an activating group) is 1. The minimum Gasteiger partial charge on any atom is -0.369 e. The molecule has 3 heteroatoms. The molecule has 0 bridgehead atoms. The molecule has 0 radical (unpaired) electrons. The molecule has 0 saturated heterocycles. The number of aromatic nitrogens is 1. The van der Waals surface area contributed by atoms with Crippen molar-refractivity contribution in [3.8, 4) is 0 Å². The van der Waals surface area contributed by atoms with E-state index in [-0.39, 0.29) is 0 Å². The lowest BCUT2D eigenvalue weighted by molar-refractivity contribution is 0.820. The molecule has 0 aliphatic heterocycles. The lowest BCUT2D eigenvalue weighted by Gasteiger charge is -2.10. The SMILES string of the molecule is CNCCNc1ncccc1Cc1ccccc1. The number of nitrogens with one attached hydrogen (secondary N) is 2. The van der Waals surface area contributed by atoms with E-state index in [0.29, 0.717) is 0 Å². The number of hydrogen-bond acceptors (Lipinski definition) is 3. The summed E-state index contributed by atoms with van der Waals surface area (Å²) < 4.78 is 0. The molecule has 2 rings (SSSR count). The molecule has 94 valence electrons. The van der Waals surface area contributed by atoms with Crippen LogP contribution in [0.25, 0.3) is 0 Å². The van der Waals surface area contributed by atoms with E-state index in [2.05, 4.69) is 45.9 Å². The summed E-state index contributed by atoms with van der Waals surface area (Å²) in [5.74, 6) is 0.983. The Morgan fingerprint density at radius 2 is 1.83 bits per heavy atom. The van der Waals surface area contributed by atoms with Gasteiger partial charge in [-0.3, -0.25) is 0 Å². The molecule has 0 aliphatic rings. The second kappa shape index (κ2) is 6.77. The van der Waals surface area contributed by atoms with Gasteiger partial charge in [-0.1, -0.05) is 36.4 Å². The van der Waals surface area contributed by atoms with Crippen molar-refractivity contribution in [2.75, 3.05) is 25.5 Å². The van der Waals surface area contributed by atoms with Gasteiger partial charge in [-0.15, -0.1) is 0 Å². The average molecular weight is 241 g/mol. The van der Waals surface area contributed by atoms with E-state index in [1.54, 1.807) is 0 Å². The second-order valence-corrected chi connectivity index (χ2v) is 4.20. The van der Waals surface area contributed by atoms with Crippen molar-refractivity contribution in [3.63, 3.8) is 0 Å². The summed E-state index contributed by atoms with van der Waals surface area (Å²) in [6, 6.07) is 14.6. The molecule has 0 saturated carbocycles. The van der Waals surface area contributed by atoms with E-state index in [9.17, 15) is 0 Å². The fourth-order valence-electron chi connectivity index (χ4n) is 1.86. The zero-order chi connectivity index (χ0) is 12.6. The van der Waals surface area contributed by atoms with Gasteiger partial charge in [0, 0.05) is 25.7 Å². The van der Waals surface area contributed by atoms with Crippen LogP contribution in [0.5, 0.6) is 0 Å². The maximum absolute atomic E-state index is 4.41. The average Bonchev–Trinajstić information content (AvgIpc) is 2.42. The summed E-state index contributed by atoms with van der Waals surface area (Å²) >= 11 is 0. The fraction of sp³-hybridized carbons (Fsp3) is 0.267. The van der Waals surface area contributed by atoms with Crippen molar-refractivity contribution < 1.29 is 0 Å². The highest BCUT2D eigenvalue weighted by atomic mass is 15.0. The lowest BCUT2D eigenvalue weighted by Crippen LogP contribution is -2.18. The van der Waals surface area contributed by atoms with E-state index >= 15 is 0 Å². The van der Waals surface area contributed by atoms with Crippen molar-refractivity contribution >= 4 is 5.82 Å². The highest BCUT2D eigenvalue weighted by molar-refractivity contribution is 5.46. The number of pyridine rings is 1. The van der Waals surface area contributed by atoms with Gasteiger partial charge in [0.25, 0.3) is 0 Å². The van der Waals surface area contributed by atoms with Crippen LogP contribution < -0.4 is 10.6 Å². The molecule has 1 aromatic heterocycles. The van der Waals surface area contributed by atoms with Crippen LogP contribution in [0.3, 0.4) is 0 Å². The minimum absolute atomic E-state index is 0.884. The first-order valence-electron chi connectivity index (χ1n) is 6.26. The maximum Gasteiger partial charge on any atom is 0.129 e. The van der Waals surface area contributed by atoms with Crippen LogP contribution in [0.2, 0.25) is 0 Å². The van der Waals surface area contributed by atoms with Crippen LogP contribution in [0.15, 0.2) is 48.7 Å². The predicted molar refractivity (Wildman–Crippen MR) is 75.9 cm³/mol. The molecule has 0 atom stereocenters. The quantitative estimate of drug-likeness (QED) is 0.762. The number of anilines is 1. The number of benzene rings is 1. The first-order chi connectivity index (χ1) is 8.90. The smallest absolute Gasteiger partial charge is 0.129 e. The molecule has 1 aromatic carbocycles. The normalized spacial score (nSPS) is 10.3. The summed E-state index contributed by atoms with van der Waals surface area (Å²) in [5, 5.41) is 6.48. The highest BCUT2D eigenvalue weighted by Crippen LogP contribution is 2.16. The van der Waals surface area contributed by atoms with Gasteiger partial charge in [0.05, 0.1) is 0 Å². The zero-order valence-corrected chi connectivity index (χ0v) is 10.7. The Hall–Kier alpha value is -1.87. The van der Waals surface area contributed by atoms with Gasteiger partial charge in [-0.25, -0.2) is 4.98 Å². The predicted octanol–water partition coefficient (Wildman–Crippen LogP) is 2.30. The molecule has 0 aliphatic carbocycles. The van der Waals surface area contributed by atoms with Gasteiger partial charge in [0.1, 0.15) is 5.82 Å². The van der Waals surface area contributed by atoms with Crippen molar-refractivity contribution in [1.82, 2.24) is 10.3 Å². The molecule has 1 heterocycles. The number of hydrogen-bond donors (Lipinski definition) is 2. The summed E-state index contributed by atoms with van der Waals surface area (Å²) in [6.45, 7) is 1.82. The Labute approximate surface area is 108 Å². The largest absolute Gasteiger partial charge is 0.369 e. The fourth-order valence-corrected chi connectivity index (χ4v) is 1.86. The third-order valence-corrected chi connectivity index (χ3v) is 2.80. The van der Waals surface area contributed by atoms with E-state index < -0.39 is 0 Å². The van der Waals surface area contributed by atoms with Gasteiger partial charge in [0.2, 0.25) is 0 Å². The van der Waals surface area contributed by atoms with Gasteiger partial charge in [-0.05, 0) is 24.2 Å². The van der Waals surface area contributed by atoms with Crippen molar-refractivity contribution in [2.45, 2.75) is 6.42 Å². The van der Waals surface area contributed by atoms with Crippen molar-refractivity contribution in [1.29, 1.82) is 0 Å². The Kier molecular flexibility index (Phi) is 4.73. The Balaban J connectivity index is 2.07. The summed E-state index contributed by atoms with van der Waals surface area (Å²) in [4.78, 5) is 4.41. The first-order valence-corrected chi connectivity index (χ1v) is 6.26. The molecular formula is C15H19N3. The molecule has 18 heavy (non-hydrogen) atoms. The monoisotopic (exact) mass is 241 g/mol. The number of nitrogens with zero attached hydrogens (tertiary/aromatic N) is 1. The van der Waals surface area contributed by atoms with Crippen molar-refractivity contribution in [2.24, 2.45) is 0 Å².